The third kappa shape index (κ3) is 2.81. The maximum absolute atomic E-state index is 12.5. The summed E-state index contributed by atoms with van der Waals surface area (Å²) < 4.78 is 26.3. The number of benzene rings is 1. The van der Waals surface area contributed by atoms with Crippen LogP contribution in [0.2, 0.25) is 0 Å². The number of nitrogens with zero attached hydrogens (tertiary/aromatic N) is 2. The molecular weight excluding hydrogens is 264 g/mol. The van der Waals surface area contributed by atoms with E-state index in [1.54, 1.807) is 24.3 Å². The van der Waals surface area contributed by atoms with Gasteiger partial charge in [0.2, 0.25) is 10.0 Å². The zero-order chi connectivity index (χ0) is 14.2. The summed E-state index contributed by atoms with van der Waals surface area (Å²) in [6.07, 6.45) is -0.643. The average molecular weight is 284 g/mol. The van der Waals surface area contributed by atoms with E-state index in [4.69, 9.17) is 0 Å². The lowest BCUT2D eigenvalue weighted by Gasteiger charge is -2.21. The lowest BCUT2D eigenvalue weighted by molar-refractivity contribution is 0.113. The summed E-state index contributed by atoms with van der Waals surface area (Å²) in [4.78, 5) is 2.14. The van der Waals surface area contributed by atoms with E-state index in [9.17, 15) is 13.5 Å². The van der Waals surface area contributed by atoms with Crippen molar-refractivity contribution in [2.24, 2.45) is 0 Å². The number of sulfonamides is 1. The number of aliphatic hydroxyl groups is 1. The Morgan fingerprint density at radius 1 is 1.21 bits per heavy atom. The highest BCUT2D eigenvalue weighted by atomic mass is 32.2. The Labute approximate surface area is 114 Å². The van der Waals surface area contributed by atoms with Crippen molar-refractivity contribution in [2.75, 3.05) is 27.2 Å². The quantitative estimate of drug-likeness (QED) is 0.867. The number of likely N-dealkylation sites (N-methyl/N-ethyl adjacent to an activating group) is 1. The molecule has 2 atom stereocenters. The number of β-amino-alcohol motifs (C(OH)–C–C–N with tert-alkyl or cyclic N) is 1. The van der Waals surface area contributed by atoms with E-state index in [0.29, 0.717) is 6.54 Å². The van der Waals surface area contributed by atoms with Crippen LogP contribution in [0.3, 0.4) is 0 Å². The van der Waals surface area contributed by atoms with E-state index in [1.165, 1.54) is 4.31 Å². The highest BCUT2D eigenvalue weighted by molar-refractivity contribution is 7.89. The van der Waals surface area contributed by atoms with Gasteiger partial charge in [-0.25, -0.2) is 8.42 Å². The number of aliphatic hydroxyl groups excluding tert-OH is 1. The number of hydrogen-bond acceptors (Lipinski definition) is 4. The summed E-state index contributed by atoms with van der Waals surface area (Å²) in [6, 6.07) is 6.63. The first kappa shape index (κ1) is 14.5. The van der Waals surface area contributed by atoms with Crippen molar-refractivity contribution in [3.8, 4) is 0 Å². The summed E-state index contributed by atoms with van der Waals surface area (Å²) in [5, 5.41) is 9.94. The average Bonchev–Trinajstić information content (AvgIpc) is 2.72. The predicted molar refractivity (Wildman–Crippen MR) is 73.4 cm³/mol. The van der Waals surface area contributed by atoms with Gasteiger partial charge in [0.15, 0.2) is 0 Å². The fourth-order valence-corrected chi connectivity index (χ4v) is 3.77. The summed E-state index contributed by atoms with van der Waals surface area (Å²) in [7, 11) is 0.178. The van der Waals surface area contributed by atoms with E-state index in [0.717, 1.165) is 5.56 Å². The molecule has 1 heterocycles. The van der Waals surface area contributed by atoms with Gasteiger partial charge in [0, 0.05) is 13.1 Å². The van der Waals surface area contributed by atoms with Gasteiger partial charge in [0.1, 0.15) is 0 Å². The third-order valence-electron chi connectivity index (χ3n) is 3.55. The zero-order valence-corrected chi connectivity index (χ0v) is 12.3. The van der Waals surface area contributed by atoms with Crippen molar-refractivity contribution in [1.29, 1.82) is 0 Å². The Kier molecular flexibility index (Phi) is 3.96. The van der Waals surface area contributed by atoms with Crippen LogP contribution in [0.4, 0.5) is 0 Å². The van der Waals surface area contributed by atoms with E-state index in [1.807, 2.05) is 25.9 Å². The predicted octanol–water partition coefficient (Wildman–Crippen LogP) is 0.290. The SMILES string of the molecule is Cc1ccc(S(=O)(=O)N2C[C@@H](O)[C@H](N(C)C)C2)cc1. The van der Waals surface area contributed by atoms with Crippen molar-refractivity contribution in [2.45, 2.75) is 24.0 Å². The van der Waals surface area contributed by atoms with E-state index in [2.05, 4.69) is 0 Å². The normalized spacial score (nSPS) is 25.1. The molecule has 1 aliphatic rings. The largest absolute Gasteiger partial charge is 0.390 e. The molecule has 1 saturated heterocycles. The maximum atomic E-state index is 12.5. The van der Waals surface area contributed by atoms with Crippen LogP contribution in [0.15, 0.2) is 29.2 Å². The monoisotopic (exact) mass is 284 g/mol. The second-order valence-electron chi connectivity index (χ2n) is 5.23. The Hall–Kier alpha value is -0.950. The fraction of sp³-hybridized carbons (Fsp3) is 0.538. The Bertz CT molecular complexity index is 540. The molecule has 0 unspecified atom stereocenters. The van der Waals surface area contributed by atoms with E-state index in [-0.39, 0.29) is 17.5 Å². The molecule has 0 amide bonds. The molecule has 1 aromatic carbocycles. The molecule has 5 nitrogen and oxygen atoms in total. The second-order valence-corrected chi connectivity index (χ2v) is 7.17. The number of rotatable bonds is 3. The topological polar surface area (TPSA) is 60.9 Å². The molecule has 19 heavy (non-hydrogen) atoms. The lowest BCUT2D eigenvalue weighted by atomic mass is 10.2. The molecule has 1 aromatic rings. The first-order chi connectivity index (χ1) is 8.82. The summed E-state index contributed by atoms with van der Waals surface area (Å²) in [5.41, 5.74) is 1.02. The molecule has 0 spiro atoms. The minimum Gasteiger partial charge on any atom is -0.390 e. The number of hydrogen-bond donors (Lipinski definition) is 1. The smallest absolute Gasteiger partial charge is 0.243 e. The Balaban J connectivity index is 2.24. The van der Waals surface area contributed by atoms with Gasteiger partial charge in [0.25, 0.3) is 0 Å². The summed E-state index contributed by atoms with van der Waals surface area (Å²) in [5.74, 6) is 0. The molecule has 0 saturated carbocycles. The van der Waals surface area contributed by atoms with Crippen LogP contribution in [0.25, 0.3) is 0 Å². The van der Waals surface area contributed by atoms with Crippen molar-refractivity contribution >= 4 is 10.0 Å². The molecule has 6 heteroatoms. The van der Waals surface area contributed by atoms with E-state index < -0.39 is 16.1 Å². The molecule has 1 aliphatic heterocycles. The van der Waals surface area contributed by atoms with Crippen LogP contribution >= 0.6 is 0 Å². The fourth-order valence-electron chi connectivity index (χ4n) is 2.30. The zero-order valence-electron chi connectivity index (χ0n) is 11.4. The van der Waals surface area contributed by atoms with Gasteiger partial charge in [0.05, 0.1) is 17.0 Å². The van der Waals surface area contributed by atoms with E-state index >= 15 is 0 Å². The van der Waals surface area contributed by atoms with Crippen molar-refractivity contribution < 1.29 is 13.5 Å². The first-order valence-corrected chi connectivity index (χ1v) is 7.67. The molecule has 106 valence electrons. The highest BCUT2D eigenvalue weighted by Gasteiger charge is 2.39. The maximum Gasteiger partial charge on any atom is 0.243 e. The summed E-state index contributed by atoms with van der Waals surface area (Å²) in [6.45, 7) is 2.39. The van der Waals surface area contributed by atoms with Crippen LogP contribution in [0.5, 0.6) is 0 Å². The lowest BCUT2D eigenvalue weighted by Crippen LogP contribution is -2.38. The molecular formula is C13H20N2O3S. The van der Waals surface area contributed by atoms with Crippen LogP contribution in [-0.2, 0) is 10.0 Å². The highest BCUT2D eigenvalue weighted by Crippen LogP contribution is 2.23. The summed E-state index contributed by atoms with van der Waals surface area (Å²) >= 11 is 0. The van der Waals surface area contributed by atoms with Gasteiger partial charge < -0.3 is 10.0 Å². The van der Waals surface area contributed by atoms with Crippen molar-refractivity contribution in [1.82, 2.24) is 9.21 Å². The second kappa shape index (κ2) is 5.20. The minimum absolute atomic E-state index is 0.152. The van der Waals surface area contributed by atoms with Gasteiger partial charge in [-0.2, -0.15) is 4.31 Å². The molecule has 2 rings (SSSR count). The minimum atomic E-state index is -3.51. The molecule has 0 aliphatic carbocycles. The van der Waals surface area contributed by atoms with Gasteiger partial charge in [-0.1, -0.05) is 17.7 Å². The third-order valence-corrected chi connectivity index (χ3v) is 5.39. The number of aryl methyl sites for hydroxylation is 1. The van der Waals surface area contributed by atoms with Crippen LogP contribution in [-0.4, -0.2) is 62.1 Å². The van der Waals surface area contributed by atoms with Gasteiger partial charge in [-0.15, -0.1) is 0 Å². The molecule has 1 N–H and O–H groups in total. The van der Waals surface area contributed by atoms with Crippen molar-refractivity contribution in [3.05, 3.63) is 29.8 Å². The van der Waals surface area contributed by atoms with Crippen molar-refractivity contribution in [3.63, 3.8) is 0 Å². The molecule has 1 fully saturated rings. The molecule has 0 aromatic heterocycles. The molecule has 0 radical (unpaired) electrons. The Morgan fingerprint density at radius 2 is 1.79 bits per heavy atom. The van der Waals surface area contributed by atoms with Crippen LogP contribution in [0.1, 0.15) is 5.56 Å². The van der Waals surface area contributed by atoms with Gasteiger partial charge >= 0.3 is 0 Å². The first-order valence-electron chi connectivity index (χ1n) is 6.23. The molecule has 0 bridgehead atoms. The standard InChI is InChI=1S/C13H20N2O3S/c1-10-4-6-11(7-5-10)19(17,18)15-8-12(14(2)3)13(16)9-15/h4-7,12-13,16H,8-9H2,1-3H3/t12-,13-/m1/s1. The van der Waals surface area contributed by atoms with Gasteiger partial charge in [-0.3, -0.25) is 0 Å². The Morgan fingerprint density at radius 3 is 2.26 bits per heavy atom. The van der Waals surface area contributed by atoms with Crippen LogP contribution in [0, 0.1) is 6.92 Å². The van der Waals surface area contributed by atoms with Crippen LogP contribution < -0.4 is 0 Å². The van der Waals surface area contributed by atoms with Gasteiger partial charge in [-0.05, 0) is 33.2 Å².